The molecule has 1 atom stereocenters. The van der Waals surface area contributed by atoms with Crippen molar-refractivity contribution >= 4 is 23.3 Å². The Balaban J connectivity index is 2.12. The highest BCUT2D eigenvalue weighted by Crippen LogP contribution is 2.29. The van der Waals surface area contributed by atoms with Crippen LogP contribution in [0.25, 0.3) is 11.0 Å². The third-order valence-electron chi connectivity index (χ3n) is 3.52. The number of para-hydroxylation sites is 1. The molecule has 0 amide bonds. The first kappa shape index (κ1) is 13.9. The minimum Gasteiger partial charge on any atom is -0.491 e. The monoisotopic (exact) mass is 302 g/mol. The Bertz CT molecular complexity index is 786. The Kier molecular flexibility index (Phi) is 3.84. The molecule has 4 nitrogen and oxygen atoms in total. The molecular weight excluding hydrogens is 284 g/mol. The Hall–Kier alpha value is -2.01. The van der Waals surface area contributed by atoms with E-state index < -0.39 is 0 Å². The molecule has 0 saturated heterocycles. The largest absolute Gasteiger partial charge is 0.491 e. The molecule has 0 fully saturated rings. The van der Waals surface area contributed by atoms with Crippen LogP contribution in [0.3, 0.4) is 0 Å². The topological polar surface area (TPSA) is 43.1 Å². The minimum atomic E-state index is 0.0303. The van der Waals surface area contributed by atoms with Crippen LogP contribution >= 0.6 is 12.2 Å². The lowest BCUT2D eigenvalue weighted by Gasteiger charge is -2.12. The van der Waals surface area contributed by atoms with Gasteiger partial charge in [0.2, 0.25) is 0 Å². The highest BCUT2D eigenvalue weighted by atomic mass is 32.1. The van der Waals surface area contributed by atoms with Crippen molar-refractivity contribution in [2.24, 2.45) is 0 Å². The Morgan fingerprint density at radius 3 is 2.90 bits per heavy atom. The first-order valence-corrected chi connectivity index (χ1v) is 7.52. The maximum absolute atomic E-state index is 5.79. The van der Waals surface area contributed by atoms with Crippen molar-refractivity contribution in [1.82, 2.24) is 9.55 Å². The number of benzene rings is 1. The van der Waals surface area contributed by atoms with E-state index in [1.54, 1.807) is 6.26 Å². The van der Waals surface area contributed by atoms with E-state index in [1.807, 2.05) is 30.3 Å². The number of nitrogens with one attached hydrogen (secondary N) is 1. The fourth-order valence-corrected chi connectivity index (χ4v) is 2.85. The fraction of sp³-hybridized carbons (Fsp3) is 0.312. The van der Waals surface area contributed by atoms with Gasteiger partial charge in [-0.2, -0.15) is 0 Å². The molecule has 0 bridgehead atoms. The van der Waals surface area contributed by atoms with E-state index in [0.29, 0.717) is 11.4 Å². The van der Waals surface area contributed by atoms with Crippen LogP contribution in [0.15, 0.2) is 41.0 Å². The summed E-state index contributed by atoms with van der Waals surface area (Å²) in [5.74, 6) is 1.72. The number of rotatable bonds is 5. The van der Waals surface area contributed by atoms with E-state index >= 15 is 0 Å². The third kappa shape index (κ3) is 2.49. The third-order valence-corrected chi connectivity index (χ3v) is 3.82. The van der Waals surface area contributed by atoms with Crippen molar-refractivity contribution in [1.29, 1.82) is 0 Å². The summed E-state index contributed by atoms with van der Waals surface area (Å²) in [5, 5.41) is 0. The molecule has 1 unspecified atom stereocenters. The number of H-pyrrole nitrogens is 1. The van der Waals surface area contributed by atoms with Gasteiger partial charge in [-0.3, -0.25) is 0 Å². The molecule has 2 aromatic heterocycles. The lowest BCUT2D eigenvalue weighted by atomic mass is 10.2. The van der Waals surface area contributed by atoms with Crippen LogP contribution in [0.2, 0.25) is 0 Å². The molecule has 3 rings (SSSR count). The van der Waals surface area contributed by atoms with E-state index in [-0.39, 0.29) is 6.04 Å². The normalized spacial score (nSPS) is 12.7. The van der Waals surface area contributed by atoms with Crippen LogP contribution in [-0.4, -0.2) is 16.2 Å². The van der Waals surface area contributed by atoms with Crippen LogP contribution in [0.5, 0.6) is 5.75 Å². The molecule has 1 N–H and O–H groups in total. The van der Waals surface area contributed by atoms with E-state index in [1.165, 1.54) is 0 Å². The molecule has 5 heteroatoms. The van der Waals surface area contributed by atoms with Crippen LogP contribution in [0.1, 0.15) is 32.1 Å². The Labute approximate surface area is 128 Å². The van der Waals surface area contributed by atoms with Gasteiger partial charge in [0.15, 0.2) is 4.77 Å². The zero-order valence-electron chi connectivity index (χ0n) is 12.1. The van der Waals surface area contributed by atoms with Crippen molar-refractivity contribution in [2.45, 2.75) is 26.3 Å². The van der Waals surface area contributed by atoms with Gasteiger partial charge in [-0.25, -0.2) is 0 Å². The first-order valence-electron chi connectivity index (χ1n) is 7.11. The van der Waals surface area contributed by atoms with Gasteiger partial charge in [-0.05, 0) is 49.8 Å². The smallest absolute Gasteiger partial charge is 0.178 e. The van der Waals surface area contributed by atoms with Crippen molar-refractivity contribution in [3.63, 3.8) is 0 Å². The second-order valence-electron chi connectivity index (χ2n) is 4.99. The number of hydrogen-bond acceptors (Lipinski definition) is 3. The summed E-state index contributed by atoms with van der Waals surface area (Å²) in [6.45, 7) is 4.85. The molecule has 110 valence electrons. The van der Waals surface area contributed by atoms with Gasteiger partial charge in [-0.1, -0.05) is 13.0 Å². The molecule has 0 aliphatic heterocycles. The summed E-state index contributed by atoms with van der Waals surface area (Å²) in [4.78, 5) is 3.26. The van der Waals surface area contributed by atoms with E-state index in [2.05, 4.69) is 23.4 Å². The summed E-state index contributed by atoms with van der Waals surface area (Å²) in [6, 6.07) is 9.87. The van der Waals surface area contributed by atoms with Gasteiger partial charge in [0.1, 0.15) is 17.0 Å². The molecule has 0 aliphatic carbocycles. The zero-order valence-corrected chi connectivity index (χ0v) is 12.9. The van der Waals surface area contributed by atoms with E-state index in [0.717, 1.165) is 29.0 Å². The number of hydrogen-bond donors (Lipinski definition) is 1. The van der Waals surface area contributed by atoms with Crippen molar-refractivity contribution in [2.75, 3.05) is 6.61 Å². The minimum absolute atomic E-state index is 0.0303. The van der Waals surface area contributed by atoms with Gasteiger partial charge in [-0.15, -0.1) is 0 Å². The van der Waals surface area contributed by atoms with E-state index in [9.17, 15) is 0 Å². The molecule has 1 aromatic carbocycles. The van der Waals surface area contributed by atoms with Crippen molar-refractivity contribution in [3.8, 4) is 5.75 Å². The molecule has 0 aliphatic rings. The SMILES string of the molecule is CCCOc1cccc2c1[nH]c(=S)n2C(C)c1ccco1. The van der Waals surface area contributed by atoms with Gasteiger partial charge in [0.25, 0.3) is 0 Å². The average molecular weight is 302 g/mol. The van der Waals surface area contributed by atoms with Gasteiger partial charge < -0.3 is 18.7 Å². The predicted octanol–water partition coefficient (Wildman–Crippen LogP) is 4.69. The molecule has 3 aromatic rings. The predicted molar refractivity (Wildman–Crippen MR) is 85.4 cm³/mol. The maximum Gasteiger partial charge on any atom is 0.178 e. The quantitative estimate of drug-likeness (QED) is 0.695. The summed E-state index contributed by atoms with van der Waals surface area (Å²) in [5.41, 5.74) is 1.96. The summed E-state index contributed by atoms with van der Waals surface area (Å²) >= 11 is 5.49. The summed E-state index contributed by atoms with van der Waals surface area (Å²) in [7, 11) is 0. The van der Waals surface area contributed by atoms with Crippen LogP contribution < -0.4 is 4.74 Å². The second-order valence-corrected chi connectivity index (χ2v) is 5.38. The standard InChI is InChI=1S/C16H18N2O2S/c1-3-9-19-14-7-4-6-12-15(14)17-16(21)18(12)11(2)13-8-5-10-20-13/h4-8,10-11H,3,9H2,1-2H3,(H,17,21). The fourth-order valence-electron chi connectivity index (χ4n) is 2.50. The van der Waals surface area contributed by atoms with Crippen LogP contribution in [0.4, 0.5) is 0 Å². The number of ether oxygens (including phenoxy) is 1. The highest BCUT2D eigenvalue weighted by molar-refractivity contribution is 7.71. The Morgan fingerprint density at radius 2 is 2.19 bits per heavy atom. The summed E-state index contributed by atoms with van der Waals surface area (Å²) < 4.78 is 14.0. The van der Waals surface area contributed by atoms with E-state index in [4.69, 9.17) is 21.4 Å². The number of fused-ring (bicyclic) bond motifs is 1. The zero-order chi connectivity index (χ0) is 14.8. The maximum atomic E-state index is 5.79. The van der Waals surface area contributed by atoms with Gasteiger partial charge in [0, 0.05) is 0 Å². The molecule has 0 spiro atoms. The summed E-state index contributed by atoms with van der Waals surface area (Å²) in [6.07, 6.45) is 2.65. The lowest BCUT2D eigenvalue weighted by Crippen LogP contribution is -2.05. The molecule has 0 radical (unpaired) electrons. The second kappa shape index (κ2) is 5.77. The first-order chi connectivity index (χ1) is 10.2. The molecular formula is C16H18N2O2S. The number of nitrogens with zero attached hydrogens (tertiary/aromatic N) is 1. The van der Waals surface area contributed by atoms with Crippen molar-refractivity contribution in [3.05, 3.63) is 47.1 Å². The van der Waals surface area contributed by atoms with Gasteiger partial charge in [0.05, 0.1) is 24.4 Å². The van der Waals surface area contributed by atoms with Crippen molar-refractivity contribution < 1.29 is 9.15 Å². The number of furan rings is 1. The number of aromatic amines is 1. The highest BCUT2D eigenvalue weighted by Gasteiger charge is 2.17. The van der Waals surface area contributed by atoms with Crippen LogP contribution in [0, 0.1) is 4.77 Å². The average Bonchev–Trinajstić information content (AvgIpc) is 3.11. The van der Waals surface area contributed by atoms with Gasteiger partial charge >= 0.3 is 0 Å². The number of imidazole rings is 1. The lowest BCUT2D eigenvalue weighted by molar-refractivity contribution is 0.320. The molecule has 2 heterocycles. The molecule has 21 heavy (non-hydrogen) atoms. The molecule has 0 saturated carbocycles. The number of aromatic nitrogens is 2. The Morgan fingerprint density at radius 1 is 1.33 bits per heavy atom. The van der Waals surface area contributed by atoms with Crippen LogP contribution in [-0.2, 0) is 0 Å².